The molecule has 1 aromatic carbocycles. The van der Waals surface area contributed by atoms with Crippen LogP contribution < -0.4 is 0 Å². The quantitative estimate of drug-likeness (QED) is 0.534. The molecular weight excluding hydrogens is 184 g/mol. The van der Waals surface area contributed by atoms with Crippen LogP contribution in [0.3, 0.4) is 0 Å². The lowest BCUT2D eigenvalue weighted by atomic mass is 10.1. The fourth-order valence-corrected chi connectivity index (χ4v) is 1.43. The lowest BCUT2D eigenvalue weighted by molar-refractivity contribution is -0.107. The smallest absolute Gasteiger partial charge is 0.120 e. The molecule has 1 aromatic rings. The minimum atomic E-state index is -0.0363. The van der Waals surface area contributed by atoms with E-state index in [2.05, 4.69) is 0 Å². The van der Waals surface area contributed by atoms with Gasteiger partial charge in [0.15, 0.2) is 0 Å². The maximum Gasteiger partial charge on any atom is 0.120 e. The van der Waals surface area contributed by atoms with E-state index < -0.39 is 0 Å². The van der Waals surface area contributed by atoms with Crippen LogP contribution in [0.1, 0.15) is 29.3 Å². The van der Waals surface area contributed by atoms with Crippen LogP contribution in [0, 0.1) is 6.92 Å². The second kappa shape index (κ2) is 5.03. The number of aldehydes is 1. The molecule has 0 N–H and O–H groups in total. The van der Waals surface area contributed by atoms with Crippen LogP contribution in [0.4, 0.5) is 0 Å². The fourth-order valence-electron chi connectivity index (χ4n) is 1.16. The molecule has 13 heavy (non-hydrogen) atoms. The van der Waals surface area contributed by atoms with Crippen molar-refractivity contribution in [1.29, 1.82) is 0 Å². The van der Waals surface area contributed by atoms with Crippen molar-refractivity contribution in [2.75, 3.05) is 0 Å². The summed E-state index contributed by atoms with van der Waals surface area (Å²) in [5.74, 6) is 0. The van der Waals surface area contributed by atoms with Crippen molar-refractivity contribution in [2.24, 2.45) is 0 Å². The summed E-state index contributed by atoms with van der Waals surface area (Å²) in [7, 11) is 0. The molecule has 1 nitrogen and oxygen atoms in total. The van der Waals surface area contributed by atoms with E-state index >= 15 is 0 Å². The fraction of sp³-hybridized carbons (Fsp3) is 0.364. The summed E-state index contributed by atoms with van der Waals surface area (Å²) >= 11 is 6.08. The van der Waals surface area contributed by atoms with Crippen molar-refractivity contribution >= 4 is 17.9 Å². The van der Waals surface area contributed by atoms with E-state index in [4.69, 9.17) is 11.6 Å². The highest BCUT2D eigenvalue weighted by molar-refractivity contribution is 6.20. The van der Waals surface area contributed by atoms with Gasteiger partial charge in [0.1, 0.15) is 6.29 Å². The molecule has 1 rings (SSSR count). The van der Waals surface area contributed by atoms with Gasteiger partial charge in [-0.15, -0.1) is 11.6 Å². The zero-order valence-corrected chi connectivity index (χ0v) is 8.42. The summed E-state index contributed by atoms with van der Waals surface area (Å²) in [5, 5.41) is -0.0363. The standard InChI is InChI=1S/C11H13ClO/c1-9-4-6-10(7-5-9)11(12)3-2-8-13/h4-8,11H,2-3H2,1H3. The molecule has 0 bridgehead atoms. The van der Waals surface area contributed by atoms with Crippen molar-refractivity contribution < 1.29 is 4.79 Å². The number of alkyl halides is 1. The second-order valence-corrected chi connectivity index (χ2v) is 3.65. The normalized spacial score (nSPS) is 12.5. The Morgan fingerprint density at radius 1 is 1.38 bits per heavy atom. The summed E-state index contributed by atoms with van der Waals surface area (Å²) in [5.41, 5.74) is 2.32. The zero-order chi connectivity index (χ0) is 9.68. The van der Waals surface area contributed by atoms with Gasteiger partial charge >= 0.3 is 0 Å². The highest BCUT2D eigenvalue weighted by Gasteiger charge is 2.05. The monoisotopic (exact) mass is 196 g/mol. The number of benzene rings is 1. The van der Waals surface area contributed by atoms with Gasteiger partial charge in [0.25, 0.3) is 0 Å². The summed E-state index contributed by atoms with van der Waals surface area (Å²) in [6.45, 7) is 2.04. The van der Waals surface area contributed by atoms with Gasteiger partial charge in [-0.3, -0.25) is 0 Å². The van der Waals surface area contributed by atoms with E-state index in [9.17, 15) is 4.79 Å². The molecule has 0 aliphatic carbocycles. The molecule has 2 heteroatoms. The van der Waals surface area contributed by atoms with Gasteiger partial charge in [-0.1, -0.05) is 29.8 Å². The van der Waals surface area contributed by atoms with Gasteiger partial charge in [0.05, 0.1) is 5.38 Å². The molecule has 70 valence electrons. The van der Waals surface area contributed by atoms with Gasteiger partial charge in [0, 0.05) is 6.42 Å². The number of halogens is 1. The lowest BCUT2D eigenvalue weighted by Gasteiger charge is -2.07. The van der Waals surface area contributed by atoms with Crippen LogP contribution in [0.15, 0.2) is 24.3 Å². The van der Waals surface area contributed by atoms with Gasteiger partial charge in [-0.05, 0) is 18.9 Å². The summed E-state index contributed by atoms with van der Waals surface area (Å²) in [6.07, 6.45) is 2.15. The first-order valence-corrected chi connectivity index (χ1v) is 4.82. The van der Waals surface area contributed by atoms with Gasteiger partial charge in [-0.25, -0.2) is 0 Å². The molecule has 1 atom stereocenters. The van der Waals surface area contributed by atoms with Crippen molar-refractivity contribution in [1.82, 2.24) is 0 Å². The molecule has 0 fully saturated rings. The van der Waals surface area contributed by atoms with Gasteiger partial charge in [0.2, 0.25) is 0 Å². The highest BCUT2D eigenvalue weighted by Crippen LogP contribution is 2.24. The van der Waals surface area contributed by atoms with Crippen LogP contribution in [0.2, 0.25) is 0 Å². The molecule has 0 saturated heterocycles. The van der Waals surface area contributed by atoms with Crippen LogP contribution in [0.5, 0.6) is 0 Å². The molecule has 0 radical (unpaired) electrons. The largest absolute Gasteiger partial charge is 0.303 e. The third-order valence-electron chi connectivity index (χ3n) is 1.98. The molecule has 0 saturated carbocycles. The molecule has 0 heterocycles. The van der Waals surface area contributed by atoms with E-state index in [1.165, 1.54) is 5.56 Å². The first-order valence-electron chi connectivity index (χ1n) is 4.38. The van der Waals surface area contributed by atoms with Crippen molar-refractivity contribution in [3.8, 4) is 0 Å². The number of rotatable bonds is 4. The third kappa shape index (κ3) is 3.19. The first kappa shape index (κ1) is 10.3. The Labute approximate surface area is 83.7 Å². The van der Waals surface area contributed by atoms with Crippen LogP contribution >= 0.6 is 11.6 Å². The van der Waals surface area contributed by atoms with Crippen molar-refractivity contribution in [3.05, 3.63) is 35.4 Å². The molecule has 0 aromatic heterocycles. The first-order chi connectivity index (χ1) is 6.24. The zero-order valence-electron chi connectivity index (χ0n) is 7.66. The van der Waals surface area contributed by atoms with E-state index in [1.54, 1.807) is 0 Å². The van der Waals surface area contributed by atoms with Crippen molar-refractivity contribution in [3.63, 3.8) is 0 Å². The summed E-state index contributed by atoms with van der Waals surface area (Å²) < 4.78 is 0. The maximum atomic E-state index is 10.1. The van der Waals surface area contributed by atoms with Gasteiger partial charge < -0.3 is 4.79 Å². The average molecular weight is 197 g/mol. The Kier molecular flexibility index (Phi) is 3.97. The van der Waals surface area contributed by atoms with E-state index in [0.29, 0.717) is 12.8 Å². The summed E-state index contributed by atoms with van der Waals surface area (Å²) in [6, 6.07) is 8.09. The molecule has 0 aliphatic heterocycles. The predicted octanol–water partition coefficient (Wildman–Crippen LogP) is 3.25. The molecule has 0 amide bonds. The van der Waals surface area contributed by atoms with Crippen molar-refractivity contribution in [2.45, 2.75) is 25.1 Å². The van der Waals surface area contributed by atoms with Crippen LogP contribution in [-0.2, 0) is 4.79 Å². The van der Waals surface area contributed by atoms with E-state index in [1.807, 2.05) is 31.2 Å². The van der Waals surface area contributed by atoms with Crippen LogP contribution in [0.25, 0.3) is 0 Å². The topological polar surface area (TPSA) is 17.1 Å². The number of hydrogen-bond acceptors (Lipinski definition) is 1. The molecule has 0 aliphatic rings. The Morgan fingerprint density at radius 2 is 2.00 bits per heavy atom. The minimum absolute atomic E-state index is 0.0363. The Morgan fingerprint density at radius 3 is 2.54 bits per heavy atom. The Hall–Kier alpha value is -0.820. The third-order valence-corrected chi connectivity index (χ3v) is 2.45. The number of carbonyl (C=O) groups excluding carboxylic acids is 1. The summed E-state index contributed by atoms with van der Waals surface area (Å²) in [4.78, 5) is 10.1. The van der Waals surface area contributed by atoms with Gasteiger partial charge in [-0.2, -0.15) is 0 Å². The maximum absolute atomic E-state index is 10.1. The molecule has 1 unspecified atom stereocenters. The Balaban J connectivity index is 2.60. The van der Waals surface area contributed by atoms with Crippen LogP contribution in [-0.4, -0.2) is 6.29 Å². The SMILES string of the molecule is Cc1ccc(C(Cl)CCC=O)cc1. The highest BCUT2D eigenvalue weighted by atomic mass is 35.5. The number of carbonyl (C=O) groups is 1. The molecule has 0 spiro atoms. The Bertz CT molecular complexity index is 266. The lowest BCUT2D eigenvalue weighted by Crippen LogP contribution is -1.91. The second-order valence-electron chi connectivity index (χ2n) is 3.12. The average Bonchev–Trinajstić information content (AvgIpc) is 2.15. The number of aryl methyl sites for hydroxylation is 1. The molecular formula is C11H13ClO. The predicted molar refractivity (Wildman–Crippen MR) is 55.1 cm³/mol. The van der Waals surface area contributed by atoms with E-state index in [0.717, 1.165) is 11.8 Å². The van der Waals surface area contributed by atoms with E-state index in [-0.39, 0.29) is 5.38 Å². The minimum Gasteiger partial charge on any atom is -0.303 e. The number of hydrogen-bond donors (Lipinski definition) is 0.